The highest BCUT2D eigenvalue weighted by Crippen LogP contribution is 2.36. The summed E-state index contributed by atoms with van der Waals surface area (Å²) in [6, 6.07) is 0. The highest BCUT2D eigenvalue weighted by atomic mass is 35.5. The van der Waals surface area contributed by atoms with Crippen molar-refractivity contribution >= 4 is 17.3 Å². The van der Waals surface area contributed by atoms with Crippen LogP contribution in [0.25, 0.3) is 11.1 Å². The third-order valence-electron chi connectivity index (χ3n) is 2.42. The van der Waals surface area contributed by atoms with Crippen molar-refractivity contribution in [3.05, 3.63) is 46.5 Å². The zero-order chi connectivity index (χ0) is 14.3. The van der Waals surface area contributed by atoms with Crippen LogP contribution in [0, 0.1) is 29.1 Å². The lowest BCUT2D eigenvalue weighted by Gasteiger charge is -2.10. The fourth-order valence-corrected chi connectivity index (χ4v) is 1.64. The molecule has 1 aromatic heterocycles. The minimum atomic E-state index is -2.24. The largest absolute Gasteiger partial charge is 0.397 e. The van der Waals surface area contributed by atoms with Gasteiger partial charge in [0.1, 0.15) is 0 Å². The molecule has 2 nitrogen and oxygen atoms in total. The first-order valence-corrected chi connectivity index (χ1v) is 5.14. The Morgan fingerprint density at radius 1 is 0.842 bits per heavy atom. The lowest BCUT2D eigenvalue weighted by molar-refractivity contribution is 0.381. The first-order chi connectivity index (χ1) is 8.86. The molecule has 0 aliphatic carbocycles. The van der Waals surface area contributed by atoms with Gasteiger partial charge in [0.15, 0.2) is 23.3 Å². The van der Waals surface area contributed by atoms with E-state index in [1.54, 1.807) is 0 Å². The Hall–Kier alpha value is -1.89. The molecule has 8 heteroatoms. The molecule has 0 aliphatic rings. The molecule has 0 atom stereocenters. The standard InChI is InChI=1S/C11H4ClF5N2/c12-4-2-19-1-3(11(4)18)5-6(13)8(15)10(17)9(16)7(5)14/h1-2H,(H2,18,19). The van der Waals surface area contributed by atoms with Crippen molar-refractivity contribution in [1.82, 2.24) is 4.98 Å². The molecule has 0 radical (unpaired) electrons. The smallest absolute Gasteiger partial charge is 0.200 e. The SMILES string of the molecule is Nc1c(Cl)cncc1-c1c(F)c(F)c(F)c(F)c1F. The number of nitrogens with zero attached hydrogens (tertiary/aromatic N) is 1. The number of halogens is 6. The summed E-state index contributed by atoms with van der Waals surface area (Å²) in [5.41, 5.74) is 3.48. The number of rotatable bonds is 1. The molecule has 0 aliphatic heterocycles. The maximum absolute atomic E-state index is 13.6. The number of nitrogen functional groups attached to an aromatic ring is 1. The van der Waals surface area contributed by atoms with Crippen LogP contribution in [-0.2, 0) is 0 Å². The zero-order valence-electron chi connectivity index (χ0n) is 8.95. The van der Waals surface area contributed by atoms with E-state index < -0.39 is 40.2 Å². The second kappa shape index (κ2) is 4.65. The van der Waals surface area contributed by atoms with E-state index in [4.69, 9.17) is 17.3 Å². The van der Waals surface area contributed by atoms with Crippen LogP contribution in [0.2, 0.25) is 5.02 Å². The summed E-state index contributed by atoms with van der Waals surface area (Å²) >= 11 is 5.59. The van der Waals surface area contributed by atoms with Crippen LogP contribution < -0.4 is 5.73 Å². The molecule has 2 rings (SSSR count). The molecular weight excluding hydrogens is 291 g/mol. The Morgan fingerprint density at radius 3 is 1.84 bits per heavy atom. The molecule has 0 bridgehead atoms. The van der Waals surface area contributed by atoms with Crippen molar-refractivity contribution in [2.24, 2.45) is 0 Å². The predicted octanol–water partition coefficient (Wildman–Crippen LogP) is 3.68. The molecule has 1 aromatic carbocycles. The summed E-state index contributed by atoms with van der Waals surface area (Å²) in [7, 11) is 0. The van der Waals surface area contributed by atoms with Crippen molar-refractivity contribution in [1.29, 1.82) is 0 Å². The first kappa shape index (κ1) is 13.5. The second-order valence-corrected chi connectivity index (χ2v) is 3.93. The number of hydrogen-bond donors (Lipinski definition) is 1. The molecule has 19 heavy (non-hydrogen) atoms. The number of benzene rings is 1. The minimum absolute atomic E-state index is 0.165. The number of nitrogens with two attached hydrogens (primary N) is 1. The lowest BCUT2D eigenvalue weighted by Crippen LogP contribution is -2.05. The van der Waals surface area contributed by atoms with E-state index in [-0.39, 0.29) is 10.7 Å². The first-order valence-electron chi connectivity index (χ1n) is 4.77. The van der Waals surface area contributed by atoms with E-state index in [9.17, 15) is 22.0 Å². The average molecular weight is 295 g/mol. The van der Waals surface area contributed by atoms with Gasteiger partial charge in [-0.2, -0.15) is 0 Å². The Balaban J connectivity index is 2.87. The van der Waals surface area contributed by atoms with Crippen molar-refractivity contribution < 1.29 is 22.0 Å². The van der Waals surface area contributed by atoms with Crippen LogP contribution in [-0.4, -0.2) is 4.98 Å². The lowest BCUT2D eigenvalue weighted by atomic mass is 10.0. The topological polar surface area (TPSA) is 38.9 Å². The average Bonchev–Trinajstić information content (AvgIpc) is 2.39. The molecule has 0 spiro atoms. The molecule has 2 N–H and O–H groups in total. The molecule has 100 valence electrons. The van der Waals surface area contributed by atoms with Crippen LogP contribution >= 0.6 is 11.6 Å². The maximum Gasteiger partial charge on any atom is 0.200 e. The monoisotopic (exact) mass is 294 g/mol. The third kappa shape index (κ3) is 1.99. The number of aromatic nitrogens is 1. The van der Waals surface area contributed by atoms with Crippen LogP contribution in [0.1, 0.15) is 0 Å². The molecule has 0 saturated carbocycles. The van der Waals surface area contributed by atoms with Gasteiger partial charge in [0, 0.05) is 18.0 Å². The molecule has 0 fully saturated rings. The van der Waals surface area contributed by atoms with E-state index in [2.05, 4.69) is 4.98 Å². The van der Waals surface area contributed by atoms with Crippen molar-refractivity contribution in [3.63, 3.8) is 0 Å². The van der Waals surface area contributed by atoms with E-state index in [1.807, 2.05) is 0 Å². The second-order valence-electron chi connectivity index (χ2n) is 3.53. The highest BCUT2D eigenvalue weighted by Gasteiger charge is 2.28. The Kier molecular flexibility index (Phi) is 3.32. The van der Waals surface area contributed by atoms with E-state index in [1.165, 1.54) is 0 Å². The Labute approximate surface area is 108 Å². The van der Waals surface area contributed by atoms with Crippen LogP contribution in [0.4, 0.5) is 27.6 Å². The van der Waals surface area contributed by atoms with Crippen molar-refractivity contribution in [2.45, 2.75) is 0 Å². The van der Waals surface area contributed by atoms with E-state index in [0.29, 0.717) is 0 Å². The summed E-state index contributed by atoms with van der Waals surface area (Å²) in [5.74, 6) is -10.4. The van der Waals surface area contributed by atoms with Gasteiger partial charge in [-0.3, -0.25) is 4.98 Å². The van der Waals surface area contributed by atoms with E-state index in [0.717, 1.165) is 12.4 Å². The fourth-order valence-electron chi connectivity index (χ4n) is 1.49. The van der Waals surface area contributed by atoms with Gasteiger partial charge in [0.2, 0.25) is 5.82 Å². The van der Waals surface area contributed by atoms with Gasteiger partial charge < -0.3 is 5.73 Å². The van der Waals surface area contributed by atoms with Gasteiger partial charge >= 0.3 is 0 Å². The third-order valence-corrected chi connectivity index (χ3v) is 2.72. The highest BCUT2D eigenvalue weighted by molar-refractivity contribution is 6.33. The molecule has 0 saturated heterocycles. The molecule has 1 heterocycles. The molecule has 0 amide bonds. The summed E-state index contributed by atoms with van der Waals surface area (Å²) in [4.78, 5) is 3.50. The van der Waals surface area contributed by atoms with Gasteiger partial charge in [-0.15, -0.1) is 0 Å². The van der Waals surface area contributed by atoms with Crippen molar-refractivity contribution in [3.8, 4) is 11.1 Å². The van der Waals surface area contributed by atoms with Crippen LogP contribution in [0.15, 0.2) is 12.4 Å². The minimum Gasteiger partial charge on any atom is -0.397 e. The summed E-state index contributed by atoms with van der Waals surface area (Å²) in [6.07, 6.45) is 1.94. The van der Waals surface area contributed by atoms with Gasteiger partial charge in [-0.1, -0.05) is 11.6 Å². The van der Waals surface area contributed by atoms with Crippen molar-refractivity contribution in [2.75, 3.05) is 5.73 Å². The predicted molar refractivity (Wildman–Crippen MR) is 58.9 cm³/mol. The Morgan fingerprint density at radius 2 is 1.32 bits per heavy atom. The summed E-state index contributed by atoms with van der Waals surface area (Å²) in [5, 5.41) is -0.165. The maximum atomic E-state index is 13.6. The summed E-state index contributed by atoms with van der Waals surface area (Å²) < 4.78 is 66.1. The van der Waals surface area contributed by atoms with Gasteiger partial charge in [-0.05, 0) is 0 Å². The molecular formula is C11H4ClF5N2. The van der Waals surface area contributed by atoms with Gasteiger partial charge in [-0.25, -0.2) is 22.0 Å². The molecule has 0 unspecified atom stereocenters. The fraction of sp³-hybridized carbons (Fsp3) is 0. The quantitative estimate of drug-likeness (QED) is 0.495. The zero-order valence-corrected chi connectivity index (χ0v) is 9.70. The van der Waals surface area contributed by atoms with Gasteiger partial charge in [0.25, 0.3) is 0 Å². The van der Waals surface area contributed by atoms with Crippen LogP contribution in [0.5, 0.6) is 0 Å². The van der Waals surface area contributed by atoms with Crippen LogP contribution in [0.3, 0.4) is 0 Å². The summed E-state index contributed by atoms with van der Waals surface area (Å²) in [6.45, 7) is 0. The number of pyridine rings is 1. The number of anilines is 1. The van der Waals surface area contributed by atoms with Gasteiger partial charge in [0.05, 0.1) is 16.3 Å². The molecule has 2 aromatic rings. The Bertz CT molecular complexity index is 646. The van der Waals surface area contributed by atoms with E-state index >= 15 is 0 Å². The number of hydrogen-bond acceptors (Lipinski definition) is 2. The normalized spacial score (nSPS) is 10.8.